The monoisotopic (exact) mass is 1010 g/mol. The molecule has 0 aliphatic heterocycles. The second kappa shape index (κ2) is 16.5. The molecule has 2 unspecified atom stereocenters. The van der Waals surface area contributed by atoms with Crippen molar-refractivity contribution in [1.82, 2.24) is 0 Å². The number of carbonyl (C=O) groups excluding carboxylic acids is 2. The van der Waals surface area contributed by atoms with Gasteiger partial charge in [-0.15, -0.1) is 0 Å². The summed E-state index contributed by atoms with van der Waals surface area (Å²) >= 11 is 17.7. The van der Waals surface area contributed by atoms with Crippen LogP contribution in [0.2, 0.25) is 0 Å². The molecule has 2 aliphatic carbocycles. The van der Waals surface area contributed by atoms with Crippen LogP contribution in [0.1, 0.15) is 63.8 Å². The quantitative estimate of drug-likeness (QED) is 0.142. The predicted octanol–water partition coefficient (Wildman–Crippen LogP) is 13.5. The van der Waals surface area contributed by atoms with Crippen LogP contribution in [0.25, 0.3) is 21.5 Å². The topological polar surface area (TPSA) is 51.2 Å². The third-order valence-corrected chi connectivity index (χ3v) is 13.7. The fourth-order valence-corrected chi connectivity index (χ4v) is 9.22. The van der Waals surface area contributed by atoms with Crippen molar-refractivity contribution >= 4 is 113 Å². The molecule has 3 nitrogen and oxygen atoms in total. The number of alkyl halides is 2. The first kappa shape index (κ1) is 37.8. The number of hydrogen-bond donors (Lipinski definition) is 0. The van der Waals surface area contributed by atoms with Crippen molar-refractivity contribution in [2.45, 2.75) is 22.5 Å². The van der Waals surface area contributed by atoms with Crippen LogP contribution in [-0.2, 0) is 12.8 Å². The van der Waals surface area contributed by atoms with Crippen molar-refractivity contribution in [3.8, 4) is 0 Å². The highest BCUT2D eigenvalue weighted by atomic mass is 79.9. The Labute approximate surface area is 349 Å². The van der Waals surface area contributed by atoms with Crippen LogP contribution in [0, 0.1) is 0 Å². The highest BCUT2D eigenvalue weighted by Gasteiger charge is 2.32. The maximum absolute atomic E-state index is 12.7. The second-order valence-electron chi connectivity index (χ2n) is 12.7. The smallest absolute Gasteiger partial charge is 0.194 e. The summed E-state index contributed by atoms with van der Waals surface area (Å²) in [5, 5.41) is 3.46. The Morgan fingerprint density at radius 1 is 0.415 bits per heavy atom. The molecule has 0 aromatic heterocycles. The molecule has 9 rings (SSSR count). The molecule has 0 fully saturated rings. The van der Waals surface area contributed by atoms with E-state index in [0.29, 0.717) is 0 Å². The number of benzene rings is 6. The number of halogens is 5. The number of ketones is 2. The van der Waals surface area contributed by atoms with E-state index in [1.807, 2.05) is 140 Å². The van der Waals surface area contributed by atoms with E-state index in [4.69, 9.17) is 0 Å². The Morgan fingerprint density at radius 3 is 1.66 bits per heavy atom. The fraction of sp³-hybridized carbons (Fsp3) is 0.0889. The summed E-state index contributed by atoms with van der Waals surface area (Å²) in [6, 6.07) is 45.0. The number of rotatable bonds is 0. The van der Waals surface area contributed by atoms with E-state index < -0.39 is 0 Å². The molecule has 7 aromatic carbocycles. The molecule has 0 spiro atoms. The van der Waals surface area contributed by atoms with Crippen LogP contribution in [0.15, 0.2) is 158 Å². The van der Waals surface area contributed by atoms with Crippen molar-refractivity contribution in [2.24, 2.45) is 0 Å². The molecule has 0 saturated heterocycles. The van der Waals surface area contributed by atoms with E-state index >= 15 is 0 Å². The fourth-order valence-electron chi connectivity index (χ4n) is 6.77. The Bertz CT molecular complexity index is 2620. The summed E-state index contributed by atoms with van der Waals surface area (Å²) in [5.41, 5.74) is 7.65. The minimum Gasteiger partial charge on any atom is -0.289 e. The van der Waals surface area contributed by atoms with Crippen molar-refractivity contribution in [2.75, 3.05) is 0 Å². The highest BCUT2D eigenvalue weighted by molar-refractivity contribution is 9.12. The van der Waals surface area contributed by atoms with Crippen LogP contribution in [0.5, 0.6) is 0 Å². The van der Waals surface area contributed by atoms with Gasteiger partial charge in [-0.3, -0.25) is 14.4 Å². The number of carbonyl (C=O) groups is 2. The van der Waals surface area contributed by atoms with Gasteiger partial charge in [-0.25, -0.2) is 0 Å². The average molecular weight is 1020 g/mol. The van der Waals surface area contributed by atoms with Gasteiger partial charge in [0.25, 0.3) is 0 Å². The van der Waals surface area contributed by atoms with Gasteiger partial charge in [0.15, 0.2) is 17.0 Å². The summed E-state index contributed by atoms with van der Waals surface area (Å²) in [6.45, 7) is 0. The molecule has 0 heterocycles. The van der Waals surface area contributed by atoms with Crippen molar-refractivity contribution in [3.63, 3.8) is 0 Å². The predicted molar refractivity (Wildman–Crippen MR) is 234 cm³/mol. The van der Waals surface area contributed by atoms with Crippen molar-refractivity contribution < 1.29 is 9.59 Å². The lowest BCUT2D eigenvalue weighted by Crippen LogP contribution is -2.04. The van der Waals surface area contributed by atoms with Crippen LogP contribution < -0.4 is 5.43 Å². The van der Waals surface area contributed by atoms with Gasteiger partial charge in [0, 0.05) is 46.4 Å². The van der Waals surface area contributed by atoms with Gasteiger partial charge in [0.05, 0.1) is 9.65 Å². The van der Waals surface area contributed by atoms with Gasteiger partial charge < -0.3 is 0 Å². The molecular weight excluding hydrogens is 988 g/mol. The SMILES string of the molecule is O=C1c2ccccc2C(Br)C(Br)c2ccc(Br)cc21.O=C1c2ccccc2CCc2ccc(Br)cc21.O=c1c2ccccc2ccc2ccc(Br)cc12. The largest absolute Gasteiger partial charge is 0.289 e. The first-order valence-corrected chi connectivity index (χ1v) is 21.1. The van der Waals surface area contributed by atoms with Crippen molar-refractivity contribution in [3.05, 3.63) is 208 Å². The third kappa shape index (κ3) is 7.99. The van der Waals surface area contributed by atoms with E-state index in [2.05, 4.69) is 79.6 Å². The van der Waals surface area contributed by atoms with Gasteiger partial charge in [0.2, 0.25) is 0 Å². The maximum atomic E-state index is 12.7. The molecule has 0 bridgehead atoms. The molecule has 262 valence electrons. The molecule has 8 heteroatoms. The van der Waals surface area contributed by atoms with E-state index in [1.54, 1.807) is 0 Å². The zero-order chi connectivity index (χ0) is 37.2. The van der Waals surface area contributed by atoms with Gasteiger partial charge in [-0.05, 0) is 82.3 Å². The molecule has 7 aromatic rings. The zero-order valence-electron chi connectivity index (χ0n) is 28.0. The van der Waals surface area contributed by atoms with Crippen LogP contribution in [0.3, 0.4) is 0 Å². The molecule has 0 saturated carbocycles. The molecule has 2 atom stereocenters. The van der Waals surface area contributed by atoms with Gasteiger partial charge >= 0.3 is 0 Å². The molecule has 0 radical (unpaired) electrons. The number of hydrogen-bond acceptors (Lipinski definition) is 3. The molecule has 2 aliphatic rings. The molecule has 0 amide bonds. The van der Waals surface area contributed by atoms with Crippen LogP contribution in [-0.4, -0.2) is 11.6 Å². The summed E-state index contributed by atoms with van der Waals surface area (Å²) in [4.78, 5) is 37.7. The third-order valence-electron chi connectivity index (χ3n) is 9.47. The van der Waals surface area contributed by atoms with E-state index in [9.17, 15) is 14.4 Å². The number of fused-ring (bicyclic) bond motifs is 6. The highest BCUT2D eigenvalue weighted by Crippen LogP contribution is 2.47. The Morgan fingerprint density at radius 2 is 0.906 bits per heavy atom. The van der Waals surface area contributed by atoms with Gasteiger partial charge in [0.1, 0.15) is 0 Å². The van der Waals surface area contributed by atoms with Crippen molar-refractivity contribution in [1.29, 1.82) is 0 Å². The second-order valence-corrected chi connectivity index (χ2v) is 17.4. The lowest BCUT2D eigenvalue weighted by atomic mass is 9.99. The average Bonchev–Trinajstić information content (AvgIpc) is 3.45. The Kier molecular flexibility index (Phi) is 11.7. The molecular formula is C45H29Br5O3. The normalized spacial score (nSPS) is 15.6. The lowest BCUT2D eigenvalue weighted by molar-refractivity contribution is 0.103. The van der Waals surface area contributed by atoms with Crippen LogP contribution >= 0.6 is 79.6 Å². The first-order chi connectivity index (χ1) is 25.6. The van der Waals surface area contributed by atoms with Crippen LogP contribution in [0.4, 0.5) is 0 Å². The summed E-state index contributed by atoms with van der Waals surface area (Å²) in [5.74, 6) is 0.229. The summed E-state index contributed by atoms with van der Waals surface area (Å²) < 4.78 is 2.81. The van der Waals surface area contributed by atoms with Gasteiger partial charge in [-0.1, -0.05) is 183 Å². The number of aryl methyl sites for hydroxylation is 2. The zero-order valence-corrected chi connectivity index (χ0v) is 35.9. The Hall–Kier alpha value is -3.53. The Balaban J connectivity index is 0.000000123. The minimum atomic E-state index is 0.0724. The maximum Gasteiger partial charge on any atom is 0.194 e. The molecule has 0 N–H and O–H groups in total. The molecule has 53 heavy (non-hydrogen) atoms. The standard InChI is InChI=1S/C15H9Br3O.C15H11BrO.C15H9BrO/c16-8-5-6-10-12(7-8)15(19)11-4-2-1-3-9(11)13(17)14(10)18;2*16-12-8-7-11-6-5-10-3-1-2-4-13(10)15(17)14(11)9-12/h1-7,13-14H;1-4,7-9H,5-6H2;1-9H. The van der Waals surface area contributed by atoms with Gasteiger partial charge in [-0.2, -0.15) is 0 Å². The summed E-state index contributed by atoms with van der Waals surface area (Å²) in [7, 11) is 0. The lowest BCUT2D eigenvalue weighted by Gasteiger charge is -2.16. The van der Waals surface area contributed by atoms with E-state index in [-0.39, 0.29) is 26.6 Å². The summed E-state index contributed by atoms with van der Waals surface area (Å²) in [6.07, 6.45) is 1.88. The first-order valence-electron chi connectivity index (χ1n) is 16.8. The van der Waals surface area contributed by atoms with E-state index in [1.165, 1.54) is 0 Å². The minimum absolute atomic E-state index is 0.0724. The van der Waals surface area contributed by atoms with E-state index in [0.717, 1.165) is 92.3 Å².